The molecule has 1 unspecified atom stereocenters. The van der Waals surface area contributed by atoms with Crippen LogP contribution in [0.4, 0.5) is 5.69 Å². The first-order valence-electron chi connectivity index (χ1n) is 12.3. The average Bonchev–Trinajstić information content (AvgIpc) is 3.60. The van der Waals surface area contributed by atoms with Crippen molar-refractivity contribution >= 4 is 17.3 Å². The van der Waals surface area contributed by atoms with Crippen LogP contribution in [0.2, 0.25) is 0 Å². The molecule has 1 atom stereocenters. The Morgan fingerprint density at radius 2 is 1.86 bits per heavy atom. The number of methoxy groups -OCH3 is 1. The maximum Gasteiger partial charge on any atom is 0.257 e. The summed E-state index contributed by atoms with van der Waals surface area (Å²) in [6.07, 6.45) is 2.23. The van der Waals surface area contributed by atoms with Crippen molar-refractivity contribution in [2.75, 3.05) is 51.9 Å². The summed E-state index contributed by atoms with van der Waals surface area (Å²) in [5, 5.41) is 6.34. The second-order valence-corrected chi connectivity index (χ2v) is 9.15. The first-order valence-corrected chi connectivity index (χ1v) is 12.3. The van der Waals surface area contributed by atoms with Gasteiger partial charge in [0.1, 0.15) is 17.6 Å². The van der Waals surface area contributed by atoms with Gasteiger partial charge in [-0.1, -0.05) is 18.2 Å². The molecule has 5 rings (SSSR count). The number of hydrazone groups is 1. The van der Waals surface area contributed by atoms with Gasteiger partial charge in [0.05, 0.1) is 38.8 Å². The van der Waals surface area contributed by atoms with Gasteiger partial charge in [0, 0.05) is 31.7 Å². The van der Waals surface area contributed by atoms with Gasteiger partial charge in [-0.05, 0) is 60.6 Å². The van der Waals surface area contributed by atoms with Gasteiger partial charge < -0.3 is 18.8 Å². The van der Waals surface area contributed by atoms with Gasteiger partial charge in [-0.25, -0.2) is 5.01 Å². The lowest BCUT2D eigenvalue weighted by atomic mass is 10.0. The fraction of sp³-hybridized carbons (Fsp3) is 0.357. The molecule has 3 heterocycles. The fourth-order valence-corrected chi connectivity index (χ4v) is 4.81. The molecule has 3 aromatic rings. The zero-order chi connectivity index (χ0) is 24.9. The number of anilines is 1. The minimum Gasteiger partial charge on any atom is -0.497 e. The van der Waals surface area contributed by atoms with Gasteiger partial charge in [-0.2, -0.15) is 5.10 Å². The van der Waals surface area contributed by atoms with Crippen LogP contribution in [-0.2, 0) is 16.1 Å². The van der Waals surface area contributed by atoms with Gasteiger partial charge in [-0.15, -0.1) is 0 Å². The highest BCUT2D eigenvalue weighted by Gasteiger charge is 2.35. The lowest BCUT2D eigenvalue weighted by Gasteiger charge is -2.31. The van der Waals surface area contributed by atoms with Crippen molar-refractivity contribution in [2.24, 2.45) is 5.10 Å². The largest absolute Gasteiger partial charge is 0.497 e. The summed E-state index contributed by atoms with van der Waals surface area (Å²) in [5.74, 6) is 1.45. The molecular weight excluding hydrogens is 456 g/mol. The molecule has 0 spiro atoms. The third kappa shape index (κ3) is 5.29. The maximum absolute atomic E-state index is 13.5. The number of para-hydroxylation sites is 1. The Hall–Kier alpha value is -3.62. The molecule has 2 aliphatic rings. The lowest BCUT2D eigenvalue weighted by molar-refractivity contribution is -0.134. The summed E-state index contributed by atoms with van der Waals surface area (Å²) >= 11 is 0. The molecule has 8 nitrogen and oxygen atoms in total. The van der Waals surface area contributed by atoms with E-state index in [0.717, 1.165) is 49.1 Å². The van der Waals surface area contributed by atoms with Crippen molar-refractivity contribution in [3.8, 4) is 5.75 Å². The molecule has 188 valence electrons. The third-order valence-corrected chi connectivity index (χ3v) is 6.65. The Balaban J connectivity index is 1.31. The average molecular weight is 489 g/mol. The van der Waals surface area contributed by atoms with Crippen molar-refractivity contribution in [3.05, 3.63) is 83.8 Å². The third-order valence-electron chi connectivity index (χ3n) is 6.65. The summed E-state index contributed by atoms with van der Waals surface area (Å²) in [6.45, 7) is 4.13. The molecule has 1 fully saturated rings. The molecule has 2 aromatic carbocycles. The van der Waals surface area contributed by atoms with Crippen LogP contribution in [0.15, 0.2) is 76.4 Å². The molecule has 1 saturated heterocycles. The number of carbonyl (C=O) groups is 1. The van der Waals surface area contributed by atoms with E-state index in [-0.39, 0.29) is 18.5 Å². The first kappa shape index (κ1) is 24.1. The van der Waals surface area contributed by atoms with Crippen molar-refractivity contribution in [1.82, 2.24) is 9.91 Å². The second kappa shape index (κ2) is 11.0. The highest BCUT2D eigenvalue weighted by molar-refractivity contribution is 6.03. The molecule has 1 amide bonds. The Labute approximate surface area is 211 Å². The number of morpholine rings is 1. The summed E-state index contributed by atoms with van der Waals surface area (Å²) in [4.78, 5) is 17.9. The fourth-order valence-electron chi connectivity index (χ4n) is 4.81. The predicted octanol–water partition coefficient (Wildman–Crippen LogP) is 3.93. The Morgan fingerprint density at radius 3 is 2.58 bits per heavy atom. The molecule has 0 radical (unpaired) electrons. The van der Waals surface area contributed by atoms with Crippen LogP contribution in [0.3, 0.4) is 0 Å². The van der Waals surface area contributed by atoms with E-state index >= 15 is 0 Å². The van der Waals surface area contributed by atoms with E-state index in [4.69, 9.17) is 19.0 Å². The molecule has 36 heavy (non-hydrogen) atoms. The smallest absolute Gasteiger partial charge is 0.257 e. The van der Waals surface area contributed by atoms with E-state index in [0.29, 0.717) is 13.0 Å². The van der Waals surface area contributed by atoms with E-state index in [1.807, 2.05) is 54.4 Å². The van der Waals surface area contributed by atoms with Gasteiger partial charge in [0.25, 0.3) is 5.91 Å². The second-order valence-electron chi connectivity index (χ2n) is 9.15. The first-order chi connectivity index (χ1) is 17.6. The van der Waals surface area contributed by atoms with E-state index < -0.39 is 0 Å². The number of hydrogen-bond donors (Lipinski definition) is 0. The molecule has 0 bridgehead atoms. The zero-order valence-electron chi connectivity index (χ0n) is 20.8. The SMILES string of the molecule is COc1ccc(C2=NN(C(=O)CN(C)Cc3ccccc3N3CCOCC3)C(c3ccco3)C2)cc1. The number of amides is 1. The lowest BCUT2D eigenvalue weighted by Crippen LogP contribution is -2.38. The van der Waals surface area contributed by atoms with Gasteiger partial charge in [-0.3, -0.25) is 9.69 Å². The minimum absolute atomic E-state index is 0.0636. The van der Waals surface area contributed by atoms with Gasteiger partial charge in [0.2, 0.25) is 0 Å². The van der Waals surface area contributed by atoms with Crippen LogP contribution in [0.25, 0.3) is 0 Å². The number of hydrogen-bond acceptors (Lipinski definition) is 7. The number of nitrogens with zero attached hydrogens (tertiary/aromatic N) is 4. The number of rotatable bonds is 8. The molecule has 0 saturated carbocycles. The summed E-state index contributed by atoms with van der Waals surface area (Å²) in [7, 11) is 3.62. The Kier molecular flexibility index (Phi) is 7.34. The van der Waals surface area contributed by atoms with Crippen molar-refractivity contribution in [2.45, 2.75) is 19.0 Å². The molecule has 0 aliphatic carbocycles. The monoisotopic (exact) mass is 488 g/mol. The zero-order valence-corrected chi connectivity index (χ0v) is 20.8. The highest BCUT2D eigenvalue weighted by atomic mass is 16.5. The normalized spacial score (nSPS) is 18.0. The number of likely N-dealkylation sites (N-methyl/N-ethyl adjacent to an activating group) is 1. The summed E-state index contributed by atoms with van der Waals surface area (Å²) < 4.78 is 16.5. The van der Waals surface area contributed by atoms with Crippen LogP contribution < -0.4 is 9.64 Å². The number of ether oxygens (including phenoxy) is 2. The predicted molar refractivity (Wildman–Crippen MR) is 138 cm³/mol. The van der Waals surface area contributed by atoms with E-state index in [1.54, 1.807) is 18.4 Å². The van der Waals surface area contributed by atoms with Crippen LogP contribution in [0.1, 0.15) is 29.3 Å². The standard InChI is InChI=1S/C28H32N4O4/c1-30(19-22-6-3-4-7-25(22)31-13-16-35-17-14-31)20-28(33)32-26(27-8-5-15-36-27)18-24(29-32)21-9-11-23(34-2)12-10-21/h3-12,15,26H,13-14,16-20H2,1-2H3. The van der Waals surface area contributed by atoms with Crippen molar-refractivity contribution in [3.63, 3.8) is 0 Å². The summed E-state index contributed by atoms with van der Waals surface area (Å²) in [6, 6.07) is 19.6. The van der Waals surface area contributed by atoms with Crippen molar-refractivity contribution < 1.29 is 18.7 Å². The maximum atomic E-state index is 13.5. The molecule has 2 aliphatic heterocycles. The Bertz CT molecular complexity index is 1190. The molecular formula is C28H32N4O4. The van der Waals surface area contributed by atoms with Gasteiger partial charge >= 0.3 is 0 Å². The number of benzene rings is 2. The Morgan fingerprint density at radius 1 is 1.08 bits per heavy atom. The van der Waals surface area contributed by atoms with Crippen LogP contribution in [0.5, 0.6) is 5.75 Å². The van der Waals surface area contributed by atoms with Gasteiger partial charge in [0.15, 0.2) is 0 Å². The minimum atomic E-state index is -0.265. The number of carbonyl (C=O) groups excluding carboxylic acids is 1. The number of furan rings is 1. The molecule has 0 N–H and O–H groups in total. The van der Waals surface area contributed by atoms with E-state index in [2.05, 4.69) is 23.1 Å². The highest BCUT2D eigenvalue weighted by Crippen LogP contribution is 2.33. The van der Waals surface area contributed by atoms with E-state index in [1.165, 1.54) is 11.3 Å². The molecule has 1 aromatic heterocycles. The van der Waals surface area contributed by atoms with Crippen molar-refractivity contribution in [1.29, 1.82) is 0 Å². The molecule has 8 heteroatoms. The van der Waals surface area contributed by atoms with E-state index in [9.17, 15) is 4.79 Å². The summed E-state index contributed by atoms with van der Waals surface area (Å²) in [5.41, 5.74) is 4.22. The van der Waals surface area contributed by atoms with Crippen LogP contribution in [0, 0.1) is 0 Å². The topological polar surface area (TPSA) is 70.8 Å². The van der Waals surface area contributed by atoms with Crippen LogP contribution >= 0.6 is 0 Å². The quantitative estimate of drug-likeness (QED) is 0.479. The van der Waals surface area contributed by atoms with Crippen LogP contribution in [-0.4, -0.2) is 68.5 Å².